The van der Waals surface area contributed by atoms with Crippen LogP contribution in [0.2, 0.25) is 0 Å². The standard InChI is InChI=1S/C24H24N2O6/c1-4-32-24(29)20-14-22(26-16-7-11-18(31-3)12-8-16)21(13-19(20)23(27)28)25-15-5-9-17(30-2)10-6-15/h5-14,25-26H,4H2,1-3H3,(H,27,28). The summed E-state index contributed by atoms with van der Waals surface area (Å²) in [7, 11) is 3.15. The first-order valence-corrected chi connectivity index (χ1v) is 9.85. The number of carbonyl (C=O) groups is 2. The van der Waals surface area contributed by atoms with Crippen molar-refractivity contribution >= 4 is 34.7 Å². The summed E-state index contributed by atoms with van der Waals surface area (Å²) in [6.07, 6.45) is 0. The highest BCUT2D eigenvalue weighted by atomic mass is 16.5. The fourth-order valence-electron chi connectivity index (χ4n) is 3.02. The summed E-state index contributed by atoms with van der Waals surface area (Å²) in [4.78, 5) is 24.3. The van der Waals surface area contributed by atoms with Crippen LogP contribution in [0.3, 0.4) is 0 Å². The lowest BCUT2D eigenvalue weighted by atomic mass is 10.0. The Kier molecular flexibility index (Phi) is 7.17. The fourth-order valence-corrected chi connectivity index (χ4v) is 3.02. The van der Waals surface area contributed by atoms with E-state index in [1.54, 1.807) is 57.5 Å². The summed E-state index contributed by atoms with van der Waals surface area (Å²) >= 11 is 0. The number of rotatable bonds is 9. The van der Waals surface area contributed by atoms with Gasteiger partial charge in [-0.05, 0) is 67.6 Å². The second-order valence-corrected chi connectivity index (χ2v) is 6.68. The monoisotopic (exact) mass is 436 g/mol. The topological polar surface area (TPSA) is 106 Å². The molecule has 3 rings (SSSR count). The van der Waals surface area contributed by atoms with Gasteiger partial charge in [0, 0.05) is 11.4 Å². The van der Waals surface area contributed by atoms with Crippen molar-refractivity contribution in [3.8, 4) is 11.5 Å². The minimum Gasteiger partial charge on any atom is -0.497 e. The number of carboxylic acids is 1. The smallest absolute Gasteiger partial charge is 0.339 e. The van der Waals surface area contributed by atoms with Crippen molar-refractivity contribution in [2.75, 3.05) is 31.5 Å². The van der Waals surface area contributed by atoms with Gasteiger partial charge in [0.15, 0.2) is 0 Å². The summed E-state index contributed by atoms with van der Waals surface area (Å²) in [6, 6.07) is 17.2. The zero-order valence-corrected chi connectivity index (χ0v) is 18.0. The van der Waals surface area contributed by atoms with Gasteiger partial charge in [0.05, 0.1) is 43.3 Å². The zero-order valence-electron chi connectivity index (χ0n) is 18.0. The first kappa shape index (κ1) is 22.5. The first-order chi connectivity index (χ1) is 15.4. The van der Waals surface area contributed by atoms with E-state index in [0.717, 1.165) is 5.69 Å². The molecule has 0 aliphatic rings. The van der Waals surface area contributed by atoms with Gasteiger partial charge in [0.25, 0.3) is 0 Å². The summed E-state index contributed by atoms with van der Waals surface area (Å²) in [5, 5.41) is 16.1. The molecule has 0 amide bonds. The van der Waals surface area contributed by atoms with Crippen molar-refractivity contribution in [1.29, 1.82) is 0 Å². The van der Waals surface area contributed by atoms with E-state index in [9.17, 15) is 14.7 Å². The van der Waals surface area contributed by atoms with Gasteiger partial charge < -0.3 is 30.0 Å². The van der Waals surface area contributed by atoms with E-state index in [0.29, 0.717) is 28.6 Å². The molecule has 0 aromatic heterocycles. The third-order valence-corrected chi connectivity index (χ3v) is 4.62. The third kappa shape index (κ3) is 5.28. The Labute approximate surface area is 185 Å². The molecule has 0 bridgehead atoms. The molecule has 8 heteroatoms. The van der Waals surface area contributed by atoms with Gasteiger partial charge >= 0.3 is 11.9 Å². The highest BCUT2D eigenvalue weighted by Crippen LogP contribution is 2.33. The van der Waals surface area contributed by atoms with Crippen molar-refractivity contribution in [2.24, 2.45) is 0 Å². The largest absolute Gasteiger partial charge is 0.497 e. The van der Waals surface area contributed by atoms with E-state index in [4.69, 9.17) is 14.2 Å². The number of methoxy groups -OCH3 is 2. The van der Waals surface area contributed by atoms with Crippen LogP contribution in [0.4, 0.5) is 22.7 Å². The Morgan fingerprint density at radius 3 is 1.59 bits per heavy atom. The summed E-state index contributed by atoms with van der Waals surface area (Å²) < 4.78 is 15.4. The van der Waals surface area contributed by atoms with Crippen molar-refractivity contribution in [1.82, 2.24) is 0 Å². The van der Waals surface area contributed by atoms with Gasteiger partial charge in [-0.1, -0.05) is 0 Å². The molecule has 3 aromatic rings. The summed E-state index contributed by atoms with van der Waals surface area (Å²) in [5.74, 6) is -0.558. The van der Waals surface area contributed by atoms with E-state index in [1.165, 1.54) is 12.1 Å². The fraction of sp³-hybridized carbons (Fsp3) is 0.167. The number of hydrogen-bond acceptors (Lipinski definition) is 7. The number of carbonyl (C=O) groups excluding carboxylic acids is 1. The maximum atomic E-state index is 12.4. The van der Waals surface area contributed by atoms with Crippen LogP contribution in [-0.2, 0) is 4.74 Å². The average Bonchev–Trinajstić information content (AvgIpc) is 2.80. The summed E-state index contributed by atoms with van der Waals surface area (Å²) in [5.41, 5.74) is 2.19. The molecule has 3 aromatic carbocycles. The second-order valence-electron chi connectivity index (χ2n) is 6.68. The Balaban J connectivity index is 2.06. The van der Waals surface area contributed by atoms with Crippen LogP contribution in [0.25, 0.3) is 0 Å². The van der Waals surface area contributed by atoms with Gasteiger partial charge in [-0.3, -0.25) is 0 Å². The van der Waals surface area contributed by atoms with Crippen LogP contribution in [0.1, 0.15) is 27.6 Å². The number of hydrogen-bond donors (Lipinski definition) is 3. The van der Waals surface area contributed by atoms with E-state index in [1.807, 2.05) is 12.1 Å². The van der Waals surface area contributed by atoms with Crippen molar-refractivity contribution in [3.63, 3.8) is 0 Å². The van der Waals surface area contributed by atoms with Gasteiger partial charge in [0.1, 0.15) is 11.5 Å². The zero-order chi connectivity index (χ0) is 23.1. The second kappa shape index (κ2) is 10.2. The number of benzene rings is 3. The molecule has 0 saturated carbocycles. The molecule has 0 radical (unpaired) electrons. The molecule has 3 N–H and O–H groups in total. The number of nitrogens with one attached hydrogen (secondary N) is 2. The molecule has 8 nitrogen and oxygen atoms in total. The Morgan fingerprint density at radius 2 is 1.22 bits per heavy atom. The van der Waals surface area contributed by atoms with E-state index < -0.39 is 11.9 Å². The van der Waals surface area contributed by atoms with Gasteiger partial charge in [-0.2, -0.15) is 0 Å². The average molecular weight is 436 g/mol. The van der Waals surface area contributed by atoms with Crippen LogP contribution in [0.5, 0.6) is 11.5 Å². The highest BCUT2D eigenvalue weighted by molar-refractivity contribution is 6.05. The molecule has 32 heavy (non-hydrogen) atoms. The van der Waals surface area contributed by atoms with Crippen LogP contribution in [-0.4, -0.2) is 37.9 Å². The van der Waals surface area contributed by atoms with Gasteiger partial charge in [0.2, 0.25) is 0 Å². The van der Waals surface area contributed by atoms with Gasteiger partial charge in [-0.15, -0.1) is 0 Å². The predicted molar refractivity (Wildman–Crippen MR) is 122 cm³/mol. The lowest BCUT2D eigenvalue weighted by Crippen LogP contribution is -2.13. The minimum atomic E-state index is -1.23. The van der Waals surface area contributed by atoms with Crippen molar-refractivity contribution in [3.05, 3.63) is 71.8 Å². The number of carboxylic acid groups (broad SMARTS) is 1. The Hall–Kier alpha value is -4.20. The molecule has 0 fully saturated rings. The Morgan fingerprint density at radius 1 is 0.781 bits per heavy atom. The Bertz CT molecular complexity index is 1090. The lowest BCUT2D eigenvalue weighted by Gasteiger charge is -2.17. The number of anilines is 4. The van der Waals surface area contributed by atoms with E-state index >= 15 is 0 Å². The molecule has 166 valence electrons. The molecular formula is C24H24N2O6. The molecular weight excluding hydrogens is 412 g/mol. The minimum absolute atomic E-state index is 0.0457. The lowest BCUT2D eigenvalue weighted by molar-refractivity contribution is 0.0514. The maximum absolute atomic E-state index is 12.4. The normalized spacial score (nSPS) is 10.2. The number of aromatic carboxylic acids is 1. The highest BCUT2D eigenvalue weighted by Gasteiger charge is 2.21. The molecule has 0 spiro atoms. The number of ether oxygens (including phenoxy) is 3. The van der Waals surface area contributed by atoms with Crippen molar-refractivity contribution in [2.45, 2.75) is 6.92 Å². The predicted octanol–water partition coefficient (Wildman–Crippen LogP) is 5.07. The van der Waals surface area contributed by atoms with Gasteiger partial charge in [-0.25, -0.2) is 9.59 Å². The summed E-state index contributed by atoms with van der Waals surface area (Å²) in [6.45, 7) is 1.79. The van der Waals surface area contributed by atoms with E-state index in [2.05, 4.69) is 10.6 Å². The molecule has 0 atom stereocenters. The molecule has 0 saturated heterocycles. The number of esters is 1. The SMILES string of the molecule is CCOC(=O)c1cc(Nc2ccc(OC)cc2)c(Nc2ccc(OC)cc2)cc1C(=O)O. The first-order valence-electron chi connectivity index (χ1n) is 9.85. The quantitative estimate of drug-likeness (QED) is 0.400. The molecule has 0 aliphatic heterocycles. The van der Waals surface area contributed by atoms with Crippen LogP contribution >= 0.6 is 0 Å². The maximum Gasteiger partial charge on any atom is 0.339 e. The molecule has 0 unspecified atom stereocenters. The van der Waals surface area contributed by atoms with Crippen molar-refractivity contribution < 1.29 is 28.9 Å². The molecule has 0 aliphatic carbocycles. The van der Waals surface area contributed by atoms with E-state index in [-0.39, 0.29) is 17.7 Å². The van der Waals surface area contributed by atoms with Crippen LogP contribution in [0, 0.1) is 0 Å². The third-order valence-electron chi connectivity index (χ3n) is 4.62. The van der Waals surface area contributed by atoms with Crippen LogP contribution in [0.15, 0.2) is 60.7 Å². The molecule has 0 heterocycles. The van der Waals surface area contributed by atoms with Crippen LogP contribution < -0.4 is 20.1 Å².